The average molecular weight is 470 g/mol. The molecule has 0 spiro atoms. The minimum Gasteiger partial charge on any atom is -0.550 e. The Labute approximate surface area is 205 Å². The Kier molecular flexibility index (Phi) is 19.6. The minimum atomic E-state index is -1.17. The number of carboxylic acid groups (broad SMARTS) is 1. The summed E-state index contributed by atoms with van der Waals surface area (Å²) in [6, 6.07) is 0. The zero-order valence-corrected chi connectivity index (χ0v) is 22.7. The van der Waals surface area contributed by atoms with Gasteiger partial charge >= 0.3 is 5.97 Å². The maximum absolute atomic E-state index is 12.1. The topological polar surface area (TPSA) is 66.4 Å². The van der Waals surface area contributed by atoms with E-state index in [1.807, 2.05) is 21.1 Å². The van der Waals surface area contributed by atoms with Crippen LogP contribution < -0.4 is 5.11 Å². The third-order valence-corrected chi connectivity index (χ3v) is 6.32. The Bertz CT molecular complexity index is 487. The largest absolute Gasteiger partial charge is 0.550 e. The summed E-state index contributed by atoms with van der Waals surface area (Å²) in [5.74, 6) is -0.548. The van der Waals surface area contributed by atoms with Gasteiger partial charge in [0.2, 0.25) is 0 Å². The third-order valence-electron chi connectivity index (χ3n) is 6.32. The number of nitrogens with zero attached hydrogens (tertiary/aromatic N) is 1. The first kappa shape index (κ1) is 31.9. The highest BCUT2D eigenvalue weighted by Crippen LogP contribution is 2.18. The molecule has 0 aromatic carbocycles. The summed E-state index contributed by atoms with van der Waals surface area (Å²) in [6.07, 6.45) is 20.2. The van der Waals surface area contributed by atoms with Gasteiger partial charge in [-0.25, -0.2) is 0 Å². The molecule has 0 amide bonds. The molecule has 0 bridgehead atoms. The predicted molar refractivity (Wildman–Crippen MR) is 136 cm³/mol. The van der Waals surface area contributed by atoms with Gasteiger partial charge in [0.15, 0.2) is 6.10 Å². The smallest absolute Gasteiger partial charge is 0.306 e. The molecule has 5 heteroatoms. The Balaban J connectivity index is 3.54. The first-order valence-corrected chi connectivity index (χ1v) is 13.8. The number of hydrogen-bond donors (Lipinski definition) is 0. The van der Waals surface area contributed by atoms with Crippen molar-refractivity contribution in [3.05, 3.63) is 0 Å². The molecule has 0 heterocycles. The number of hydrogen-bond acceptors (Lipinski definition) is 4. The molecule has 0 saturated heterocycles. The Morgan fingerprint density at radius 2 is 1.21 bits per heavy atom. The van der Waals surface area contributed by atoms with Crippen LogP contribution in [-0.2, 0) is 14.3 Å². The van der Waals surface area contributed by atoms with Crippen molar-refractivity contribution in [3.63, 3.8) is 0 Å². The Morgan fingerprint density at radius 3 is 1.67 bits per heavy atom. The van der Waals surface area contributed by atoms with E-state index < -0.39 is 12.1 Å². The van der Waals surface area contributed by atoms with E-state index in [1.54, 1.807) is 0 Å². The molecule has 0 fully saturated rings. The lowest BCUT2D eigenvalue weighted by Gasteiger charge is -2.29. The van der Waals surface area contributed by atoms with Crippen molar-refractivity contribution in [1.82, 2.24) is 0 Å². The van der Waals surface area contributed by atoms with Crippen molar-refractivity contribution in [2.75, 3.05) is 27.7 Å². The molecule has 0 aromatic rings. The normalized spacial score (nSPS) is 13.6. The van der Waals surface area contributed by atoms with E-state index >= 15 is 0 Å². The van der Waals surface area contributed by atoms with E-state index in [2.05, 4.69) is 13.8 Å². The molecule has 0 aliphatic heterocycles. The molecule has 0 aromatic heterocycles. The van der Waals surface area contributed by atoms with Crippen LogP contribution in [0.4, 0.5) is 0 Å². The first-order chi connectivity index (χ1) is 15.6. The van der Waals surface area contributed by atoms with Gasteiger partial charge in [0.05, 0.1) is 21.1 Å². The molecule has 0 rings (SSSR count). The molecule has 196 valence electrons. The van der Waals surface area contributed by atoms with Crippen LogP contribution in [0.3, 0.4) is 0 Å². The maximum Gasteiger partial charge on any atom is 0.306 e. The maximum atomic E-state index is 12.1. The number of carbonyl (C=O) groups is 2. The van der Waals surface area contributed by atoms with E-state index in [0.29, 0.717) is 17.4 Å². The van der Waals surface area contributed by atoms with Crippen LogP contribution in [0.25, 0.3) is 0 Å². The van der Waals surface area contributed by atoms with E-state index in [9.17, 15) is 14.7 Å². The van der Waals surface area contributed by atoms with Crippen molar-refractivity contribution in [3.8, 4) is 0 Å². The Hall–Kier alpha value is -1.10. The number of likely N-dealkylation sites (N-methyl/N-ethyl adjacent to an activating group) is 1. The number of aliphatic carboxylic acids is 1. The van der Waals surface area contributed by atoms with E-state index in [0.717, 1.165) is 25.2 Å². The third kappa shape index (κ3) is 23.8. The fourth-order valence-corrected chi connectivity index (χ4v) is 4.41. The summed E-state index contributed by atoms with van der Waals surface area (Å²) >= 11 is 0. The van der Waals surface area contributed by atoms with Gasteiger partial charge in [-0.15, -0.1) is 0 Å². The van der Waals surface area contributed by atoms with Crippen molar-refractivity contribution in [2.45, 2.75) is 136 Å². The lowest BCUT2D eigenvalue weighted by atomic mass is 9.97. The van der Waals surface area contributed by atoms with Gasteiger partial charge in [-0.1, -0.05) is 110 Å². The molecular weight excluding hydrogens is 414 g/mol. The molecule has 0 aliphatic carbocycles. The molecule has 0 aliphatic rings. The van der Waals surface area contributed by atoms with E-state index in [1.165, 1.54) is 83.5 Å². The van der Waals surface area contributed by atoms with Gasteiger partial charge in [-0.05, 0) is 12.3 Å². The SMILES string of the molecule is CCCCC(C)CCCCCCCCCCCCCCC(=O)OC(CC(=O)[O-])C[N+](C)(C)C. The van der Waals surface area contributed by atoms with Crippen molar-refractivity contribution >= 4 is 11.9 Å². The number of quaternary nitrogens is 1. The van der Waals surface area contributed by atoms with Crippen LogP contribution in [-0.4, -0.2) is 50.2 Å². The molecule has 2 atom stereocenters. The van der Waals surface area contributed by atoms with Gasteiger partial charge in [-0.2, -0.15) is 0 Å². The first-order valence-electron chi connectivity index (χ1n) is 13.8. The number of rotatable bonds is 23. The summed E-state index contributed by atoms with van der Waals surface area (Å²) in [4.78, 5) is 23.0. The predicted octanol–water partition coefficient (Wildman–Crippen LogP) is 6.03. The summed E-state index contributed by atoms with van der Waals surface area (Å²) in [5.41, 5.74) is 0. The monoisotopic (exact) mass is 469 g/mol. The van der Waals surface area contributed by atoms with Crippen LogP contribution in [0.2, 0.25) is 0 Å². The number of carboxylic acids is 1. The number of carbonyl (C=O) groups excluding carboxylic acids is 2. The second kappa shape index (κ2) is 20.3. The van der Waals surface area contributed by atoms with Crippen LogP contribution in [0.15, 0.2) is 0 Å². The van der Waals surface area contributed by atoms with Gasteiger partial charge in [0.1, 0.15) is 6.54 Å². The van der Waals surface area contributed by atoms with Crippen molar-refractivity contribution < 1.29 is 23.9 Å². The van der Waals surface area contributed by atoms with Gasteiger partial charge < -0.3 is 19.1 Å². The minimum absolute atomic E-state index is 0.237. The highest BCUT2D eigenvalue weighted by molar-refractivity contribution is 5.70. The Morgan fingerprint density at radius 1 is 0.758 bits per heavy atom. The van der Waals surface area contributed by atoms with Gasteiger partial charge in [0, 0.05) is 18.8 Å². The fourth-order valence-electron chi connectivity index (χ4n) is 4.41. The average Bonchev–Trinajstić information content (AvgIpc) is 2.70. The highest BCUT2D eigenvalue weighted by atomic mass is 16.5. The number of unbranched alkanes of at least 4 members (excludes halogenated alkanes) is 12. The molecule has 0 radical (unpaired) electrons. The quantitative estimate of drug-likeness (QED) is 0.104. The van der Waals surface area contributed by atoms with Crippen LogP contribution in [0.5, 0.6) is 0 Å². The van der Waals surface area contributed by atoms with Crippen molar-refractivity contribution in [2.24, 2.45) is 5.92 Å². The molecule has 0 saturated carbocycles. The molecule has 33 heavy (non-hydrogen) atoms. The molecular formula is C28H55NO4. The fraction of sp³-hybridized carbons (Fsp3) is 0.929. The number of ether oxygens (including phenoxy) is 1. The summed E-state index contributed by atoms with van der Waals surface area (Å²) < 4.78 is 5.94. The van der Waals surface area contributed by atoms with E-state index in [-0.39, 0.29) is 12.4 Å². The zero-order valence-electron chi connectivity index (χ0n) is 22.7. The van der Waals surface area contributed by atoms with E-state index in [4.69, 9.17) is 4.74 Å². The summed E-state index contributed by atoms with van der Waals surface area (Å²) in [6.45, 7) is 5.16. The highest BCUT2D eigenvalue weighted by Gasteiger charge is 2.22. The van der Waals surface area contributed by atoms with Crippen LogP contribution in [0, 0.1) is 5.92 Å². The van der Waals surface area contributed by atoms with Gasteiger partial charge in [0.25, 0.3) is 0 Å². The summed E-state index contributed by atoms with van der Waals surface area (Å²) in [5, 5.41) is 10.9. The molecule has 2 unspecified atom stereocenters. The van der Waals surface area contributed by atoms with Crippen molar-refractivity contribution in [1.29, 1.82) is 0 Å². The van der Waals surface area contributed by atoms with Crippen LogP contribution >= 0.6 is 0 Å². The summed E-state index contributed by atoms with van der Waals surface area (Å²) in [7, 11) is 5.85. The zero-order chi connectivity index (χ0) is 25.0. The second-order valence-corrected chi connectivity index (χ2v) is 11.2. The van der Waals surface area contributed by atoms with Crippen LogP contribution in [0.1, 0.15) is 129 Å². The van der Waals surface area contributed by atoms with Gasteiger partial charge in [-0.3, -0.25) is 4.79 Å². The number of esters is 1. The molecule has 5 nitrogen and oxygen atoms in total. The molecule has 0 N–H and O–H groups in total. The second-order valence-electron chi connectivity index (χ2n) is 11.2. The lowest BCUT2D eigenvalue weighted by molar-refractivity contribution is -0.873. The standard InChI is InChI=1S/C28H55NO4/c1-6-7-20-25(2)21-18-16-14-12-10-8-9-11-13-15-17-19-22-28(32)33-26(23-27(30)31)24-29(3,4)5/h25-26H,6-24H2,1-5H3. The lowest BCUT2D eigenvalue weighted by Crippen LogP contribution is -2.45.